The zero-order chi connectivity index (χ0) is 27.9. The molecule has 0 saturated heterocycles. The molecule has 5 aromatic rings. The molecule has 8 heteroatoms. The van der Waals surface area contributed by atoms with Crippen LogP contribution in [0.3, 0.4) is 0 Å². The minimum atomic E-state index is -0.324. The van der Waals surface area contributed by atoms with Crippen LogP contribution in [0.25, 0.3) is 16.7 Å². The summed E-state index contributed by atoms with van der Waals surface area (Å²) in [6, 6.07) is 29.1. The summed E-state index contributed by atoms with van der Waals surface area (Å²) in [6.45, 7) is 4.57. The van der Waals surface area contributed by atoms with Crippen molar-refractivity contribution in [3.63, 3.8) is 0 Å². The smallest absolute Gasteiger partial charge is 0.257 e. The minimum Gasteiger partial charge on any atom is -0.489 e. The molecule has 0 aliphatic carbocycles. The van der Waals surface area contributed by atoms with Gasteiger partial charge in [-0.1, -0.05) is 61.9 Å². The quantitative estimate of drug-likeness (QED) is 0.197. The third-order valence-corrected chi connectivity index (χ3v) is 6.74. The van der Waals surface area contributed by atoms with Gasteiger partial charge in [0.15, 0.2) is 5.11 Å². The molecule has 0 spiro atoms. The largest absolute Gasteiger partial charge is 0.489 e. The predicted molar refractivity (Wildman–Crippen MR) is 163 cm³/mol. The van der Waals surface area contributed by atoms with Crippen molar-refractivity contribution >= 4 is 40.0 Å². The number of hydrogen-bond acceptors (Lipinski definition) is 5. The van der Waals surface area contributed by atoms with Gasteiger partial charge in [-0.15, -0.1) is 10.2 Å². The van der Waals surface area contributed by atoms with Gasteiger partial charge in [0.25, 0.3) is 5.91 Å². The molecule has 0 bridgehead atoms. The van der Waals surface area contributed by atoms with Gasteiger partial charge < -0.3 is 10.1 Å². The number of unbranched alkanes of at least 4 members (excludes halogenated alkanes) is 1. The van der Waals surface area contributed by atoms with Crippen molar-refractivity contribution in [3.8, 4) is 11.4 Å². The Morgan fingerprint density at radius 2 is 1.65 bits per heavy atom. The Kier molecular flexibility index (Phi) is 8.47. The molecular weight excluding hydrogens is 518 g/mol. The fourth-order valence-electron chi connectivity index (χ4n) is 4.29. The molecule has 0 aliphatic heterocycles. The van der Waals surface area contributed by atoms with Gasteiger partial charge in [0.05, 0.1) is 5.69 Å². The van der Waals surface area contributed by atoms with E-state index >= 15 is 0 Å². The fourth-order valence-corrected chi connectivity index (χ4v) is 4.49. The van der Waals surface area contributed by atoms with E-state index in [1.54, 1.807) is 23.0 Å². The second-order valence-electron chi connectivity index (χ2n) is 9.63. The third kappa shape index (κ3) is 6.71. The van der Waals surface area contributed by atoms with Gasteiger partial charge in [0, 0.05) is 11.3 Å². The van der Waals surface area contributed by atoms with Gasteiger partial charge in [0.2, 0.25) is 0 Å². The zero-order valence-electron chi connectivity index (χ0n) is 22.6. The normalized spacial score (nSPS) is 10.8. The number of nitrogens with one attached hydrogen (secondary N) is 2. The van der Waals surface area contributed by atoms with Crippen molar-refractivity contribution in [2.24, 2.45) is 0 Å². The van der Waals surface area contributed by atoms with Gasteiger partial charge >= 0.3 is 0 Å². The van der Waals surface area contributed by atoms with E-state index in [4.69, 9.17) is 17.0 Å². The Labute approximate surface area is 239 Å². The Hall–Kier alpha value is -4.56. The molecule has 40 heavy (non-hydrogen) atoms. The van der Waals surface area contributed by atoms with Gasteiger partial charge in [-0.25, -0.2) is 0 Å². The molecule has 202 valence electrons. The van der Waals surface area contributed by atoms with Crippen molar-refractivity contribution in [2.45, 2.75) is 39.7 Å². The summed E-state index contributed by atoms with van der Waals surface area (Å²) in [4.78, 5) is 14.5. The molecule has 0 unspecified atom stereocenters. The fraction of sp³-hybridized carbons (Fsp3) is 0.188. The van der Waals surface area contributed by atoms with Gasteiger partial charge in [0.1, 0.15) is 23.4 Å². The van der Waals surface area contributed by atoms with E-state index < -0.39 is 0 Å². The number of carbonyl (C=O) groups excluding carboxylic acids is 1. The lowest BCUT2D eigenvalue weighted by Gasteiger charge is -2.12. The summed E-state index contributed by atoms with van der Waals surface area (Å²) in [6.07, 6.45) is 3.42. The van der Waals surface area contributed by atoms with E-state index in [0.29, 0.717) is 17.9 Å². The molecule has 0 atom stereocenters. The first kappa shape index (κ1) is 27.0. The number of anilines is 1. The number of aryl methyl sites for hydroxylation is 2. The first-order valence-corrected chi connectivity index (χ1v) is 13.8. The minimum absolute atomic E-state index is 0.193. The van der Waals surface area contributed by atoms with E-state index in [2.05, 4.69) is 39.9 Å². The van der Waals surface area contributed by atoms with E-state index in [9.17, 15) is 4.79 Å². The van der Waals surface area contributed by atoms with Gasteiger partial charge in [-0.05, 0) is 91.1 Å². The van der Waals surface area contributed by atoms with Crippen molar-refractivity contribution in [3.05, 3.63) is 113 Å². The molecule has 1 heterocycles. The number of fused-ring (bicyclic) bond motifs is 1. The number of aromatic nitrogens is 3. The average molecular weight is 550 g/mol. The number of carbonyl (C=O) groups is 1. The van der Waals surface area contributed by atoms with Gasteiger partial charge in [-0.3, -0.25) is 10.1 Å². The number of hydrogen-bond donors (Lipinski definition) is 2. The van der Waals surface area contributed by atoms with E-state index in [0.717, 1.165) is 40.0 Å². The molecule has 0 fully saturated rings. The number of rotatable bonds is 9. The average Bonchev–Trinajstić information content (AvgIpc) is 3.38. The topological polar surface area (TPSA) is 81.1 Å². The van der Waals surface area contributed by atoms with Crippen LogP contribution >= 0.6 is 12.2 Å². The Bertz CT molecular complexity index is 1630. The number of ether oxygens (including phenoxy) is 1. The van der Waals surface area contributed by atoms with Gasteiger partial charge in [-0.2, -0.15) is 4.80 Å². The van der Waals surface area contributed by atoms with E-state index in [-0.39, 0.29) is 11.0 Å². The Morgan fingerprint density at radius 1 is 0.900 bits per heavy atom. The molecule has 0 aliphatic rings. The summed E-state index contributed by atoms with van der Waals surface area (Å²) in [5.74, 6) is 0.282. The lowest BCUT2D eigenvalue weighted by molar-refractivity contribution is 0.0977. The standard InChI is InChI=1S/C32H31N5O2S/c1-3-4-9-23-14-16-26(17-15-23)37-35-29-18-22(2)28(20-30(29)36-37)33-32(40)34-31(38)25-12-8-13-27(19-25)39-21-24-10-6-5-7-11-24/h5-8,10-20H,3-4,9,21H2,1-2H3,(H2,33,34,38,40). The van der Waals surface area contributed by atoms with Crippen molar-refractivity contribution in [2.75, 3.05) is 5.32 Å². The highest BCUT2D eigenvalue weighted by molar-refractivity contribution is 7.80. The zero-order valence-corrected chi connectivity index (χ0v) is 23.4. The SMILES string of the molecule is CCCCc1ccc(-n2nc3cc(C)c(NC(=S)NC(=O)c4cccc(OCc5ccccc5)c4)cc3n2)cc1. The van der Waals surface area contributed by atoms with Crippen LogP contribution in [0.2, 0.25) is 0 Å². The maximum atomic E-state index is 12.9. The maximum Gasteiger partial charge on any atom is 0.257 e. The molecule has 5 rings (SSSR count). The molecule has 2 N–H and O–H groups in total. The number of amides is 1. The summed E-state index contributed by atoms with van der Waals surface area (Å²) in [5.41, 5.74) is 6.90. The number of thiocarbonyl (C=S) groups is 1. The van der Waals surface area contributed by atoms with E-state index in [1.807, 2.05) is 67.6 Å². The van der Waals surface area contributed by atoms with Crippen molar-refractivity contribution < 1.29 is 9.53 Å². The second-order valence-corrected chi connectivity index (χ2v) is 10.0. The molecule has 7 nitrogen and oxygen atoms in total. The monoisotopic (exact) mass is 549 g/mol. The van der Waals surface area contributed by atoms with Crippen LogP contribution in [-0.4, -0.2) is 26.0 Å². The van der Waals surface area contributed by atoms with Crippen LogP contribution in [0.1, 0.15) is 46.8 Å². The molecule has 1 aromatic heterocycles. The molecule has 0 radical (unpaired) electrons. The highest BCUT2D eigenvalue weighted by Gasteiger charge is 2.13. The molecular formula is C32H31N5O2S. The predicted octanol–water partition coefficient (Wildman–Crippen LogP) is 6.78. The lowest BCUT2D eigenvalue weighted by Crippen LogP contribution is -2.34. The van der Waals surface area contributed by atoms with Crippen molar-refractivity contribution in [1.82, 2.24) is 20.3 Å². The van der Waals surface area contributed by atoms with E-state index in [1.165, 1.54) is 18.4 Å². The summed E-state index contributed by atoms with van der Waals surface area (Å²) < 4.78 is 5.85. The van der Waals surface area contributed by atoms with Crippen LogP contribution in [0.15, 0.2) is 91.0 Å². The lowest BCUT2D eigenvalue weighted by atomic mass is 10.1. The van der Waals surface area contributed by atoms with Crippen LogP contribution in [-0.2, 0) is 13.0 Å². The Balaban J connectivity index is 1.23. The number of benzene rings is 4. The molecule has 4 aromatic carbocycles. The number of nitrogens with zero attached hydrogens (tertiary/aromatic N) is 3. The first-order chi connectivity index (χ1) is 19.5. The second kappa shape index (κ2) is 12.5. The molecule has 1 amide bonds. The van der Waals surface area contributed by atoms with Crippen molar-refractivity contribution in [1.29, 1.82) is 0 Å². The third-order valence-electron chi connectivity index (χ3n) is 6.53. The summed E-state index contributed by atoms with van der Waals surface area (Å²) >= 11 is 5.45. The first-order valence-electron chi connectivity index (χ1n) is 13.3. The highest BCUT2D eigenvalue weighted by atomic mass is 32.1. The summed E-state index contributed by atoms with van der Waals surface area (Å²) in [7, 11) is 0. The van der Waals surface area contributed by atoms with Crippen LogP contribution < -0.4 is 15.4 Å². The molecule has 0 saturated carbocycles. The van der Waals surface area contributed by atoms with Crippen LogP contribution in [0.5, 0.6) is 5.75 Å². The Morgan fingerprint density at radius 3 is 2.40 bits per heavy atom. The van der Waals surface area contributed by atoms with Crippen LogP contribution in [0.4, 0.5) is 5.69 Å². The van der Waals surface area contributed by atoms with Crippen LogP contribution in [0, 0.1) is 6.92 Å². The highest BCUT2D eigenvalue weighted by Crippen LogP contribution is 2.23. The maximum absolute atomic E-state index is 12.9. The summed E-state index contributed by atoms with van der Waals surface area (Å²) in [5, 5.41) is 15.4.